The molecule has 0 unspecified atom stereocenters. The topological polar surface area (TPSA) is 44.8 Å². The molecule has 3 atom stereocenters. The van der Waals surface area contributed by atoms with Gasteiger partial charge >= 0.3 is 5.97 Å². The lowest BCUT2D eigenvalue weighted by Gasteiger charge is -2.57. The summed E-state index contributed by atoms with van der Waals surface area (Å²) in [5, 5.41) is 0. The van der Waals surface area contributed by atoms with Crippen LogP contribution in [0.4, 0.5) is 0 Å². The van der Waals surface area contributed by atoms with Crippen molar-refractivity contribution in [2.75, 3.05) is 19.8 Å². The summed E-state index contributed by atoms with van der Waals surface area (Å²) >= 11 is 0. The van der Waals surface area contributed by atoms with Gasteiger partial charge in [-0.1, -0.05) is 45.4 Å². The maximum absolute atomic E-state index is 13.7. The van der Waals surface area contributed by atoms with E-state index in [9.17, 15) is 4.79 Å². The molecule has 0 saturated heterocycles. The highest BCUT2D eigenvalue weighted by molar-refractivity contribution is 5.91. The van der Waals surface area contributed by atoms with Gasteiger partial charge in [0.1, 0.15) is 5.76 Å². The summed E-state index contributed by atoms with van der Waals surface area (Å²) in [7, 11) is 0. The Morgan fingerprint density at radius 2 is 1.86 bits per heavy atom. The van der Waals surface area contributed by atoms with E-state index in [-0.39, 0.29) is 22.7 Å². The van der Waals surface area contributed by atoms with Crippen molar-refractivity contribution in [2.24, 2.45) is 11.3 Å². The van der Waals surface area contributed by atoms with E-state index in [4.69, 9.17) is 14.2 Å². The molecule has 1 aromatic carbocycles. The average molecular weight is 477 g/mol. The monoisotopic (exact) mass is 476 g/mol. The Morgan fingerprint density at radius 3 is 2.49 bits per heavy atom. The first kappa shape index (κ1) is 24.4. The second kappa shape index (κ2) is 8.96. The SMILES string of the molecule is CCOCC1=C(C2=CCCC2)[C@@]23CCC[C@@H]2C(OCC)=C[C@@]13OC(=O)c1ccc(C(C)(C)C)cc1. The Labute approximate surface area is 210 Å². The Morgan fingerprint density at radius 1 is 1.09 bits per heavy atom. The van der Waals surface area contributed by atoms with Crippen LogP contribution in [-0.4, -0.2) is 31.4 Å². The molecule has 0 aromatic heterocycles. The van der Waals surface area contributed by atoms with Crippen LogP contribution < -0.4 is 0 Å². The summed E-state index contributed by atoms with van der Waals surface area (Å²) in [6.45, 7) is 12.3. The van der Waals surface area contributed by atoms with Crippen molar-refractivity contribution in [3.8, 4) is 0 Å². The van der Waals surface area contributed by atoms with Crippen molar-refractivity contribution < 1.29 is 19.0 Å². The first-order valence-corrected chi connectivity index (χ1v) is 13.5. The molecule has 0 bridgehead atoms. The highest BCUT2D eigenvalue weighted by atomic mass is 16.6. The summed E-state index contributed by atoms with van der Waals surface area (Å²) in [4.78, 5) is 13.7. The zero-order valence-electron chi connectivity index (χ0n) is 22.0. The fraction of sp³-hybridized carbons (Fsp3) is 0.581. The number of allylic oxidation sites excluding steroid dienone is 3. The molecule has 35 heavy (non-hydrogen) atoms. The van der Waals surface area contributed by atoms with Gasteiger partial charge in [-0.15, -0.1) is 0 Å². The normalized spacial score (nSPS) is 29.3. The summed E-state index contributed by atoms with van der Waals surface area (Å²) in [6, 6.07) is 7.91. The molecule has 1 fully saturated rings. The Hall–Kier alpha value is -2.33. The van der Waals surface area contributed by atoms with E-state index in [1.54, 1.807) is 0 Å². The van der Waals surface area contributed by atoms with Crippen molar-refractivity contribution in [3.05, 3.63) is 70.0 Å². The van der Waals surface area contributed by atoms with Gasteiger partial charge in [0.05, 0.1) is 24.2 Å². The third-order valence-corrected chi connectivity index (χ3v) is 8.57. The minimum atomic E-state index is -0.785. The molecule has 188 valence electrons. The lowest BCUT2D eigenvalue weighted by atomic mass is 9.50. The molecule has 0 N–H and O–H groups in total. The Kier molecular flexibility index (Phi) is 6.24. The smallest absolute Gasteiger partial charge is 0.339 e. The summed E-state index contributed by atoms with van der Waals surface area (Å²) in [5.41, 5.74) is 4.82. The Bertz CT molecular complexity index is 1080. The van der Waals surface area contributed by atoms with Gasteiger partial charge in [0.2, 0.25) is 0 Å². The molecule has 4 nitrogen and oxygen atoms in total. The predicted octanol–water partition coefficient (Wildman–Crippen LogP) is 7.06. The lowest BCUT2D eigenvalue weighted by Crippen LogP contribution is -2.61. The predicted molar refractivity (Wildman–Crippen MR) is 138 cm³/mol. The second-order valence-corrected chi connectivity index (χ2v) is 11.5. The molecule has 0 radical (unpaired) electrons. The Balaban J connectivity index is 1.58. The van der Waals surface area contributed by atoms with E-state index in [0.717, 1.165) is 43.4 Å². The molecular formula is C31H40O4. The van der Waals surface area contributed by atoms with Crippen LogP contribution in [0.15, 0.2) is 58.9 Å². The van der Waals surface area contributed by atoms with Gasteiger partial charge in [-0.25, -0.2) is 4.79 Å². The van der Waals surface area contributed by atoms with Gasteiger partial charge in [-0.3, -0.25) is 0 Å². The molecule has 0 amide bonds. The van der Waals surface area contributed by atoms with Crippen LogP contribution in [0.2, 0.25) is 0 Å². The number of rotatable bonds is 8. The van der Waals surface area contributed by atoms with Gasteiger partial charge in [-0.2, -0.15) is 0 Å². The van der Waals surface area contributed by atoms with E-state index in [0.29, 0.717) is 25.4 Å². The van der Waals surface area contributed by atoms with E-state index < -0.39 is 5.60 Å². The van der Waals surface area contributed by atoms with Gasteiger partial charge in [0.25, 0.3) is 0 Å². The summed E-state index contributed by atoms with van der Waals surface area (Å²) in [6.07, 6.45) is 11.2. The third kappa shape index (κ3) is 3.63. The molecule has 4 aliphatic rings. The second-order valence-electron chi connectivity index (χ2n) is 11.5. The van der Waals surface area contributed by atoms with E-state index in [2.05, 4.69) is 32.9 Å². The lowest BCUT2D eigenvalue weighted by molar-refractivity contribution is -0.0640. The molecular weight excluding hydrogens is 436 g/mol. The summed E-state index contributed by atoms with van der Waals surface area (Å²) in [5.74, 6) is 1.00. The van der Waals surface area contributed by atoms with E-state index in [1.165, 1.54) is 23.1 Å². The van der Waals surface area contributed by atoms with Gasteiger partial charge < -0.3 is 14.2 Å². The molecule has 4 aliphatic carbocycles. The number of esters is 1. The first-order chi connectivity index (χ1) is 16.8. The average Bonchev–Trinajstić information content (AvgIpc) is 3.55. The van der Waals surface area contributed by atoms with Crippen molar-refractivity contribution in [1.29, 1.82) is 0 Å². The molecule has 4 heteroatoms. The molecule has 5 rings (SSSR count). The number of benzene rings is 1. The van der Waals surface area contributed by atoms with E-state index in [1.807, 2.05) is 38.1 Å². The van der Waals surface area contributed by atoms with Gasteiger partial charge in [-0.05, 0) is 80.2 Å². The molecule has 0 aliphatic heterocycles. The number of hydrogen-bond donors (Lipinski definition) is 0. The third-order valence-electron chi connectivity index (χ3n) is 8.57. The first-order valence-electron chi connectivity index (χ1n) is 13.5. The standard InChI is InChI=1S/C31H40O4/c1-6-33-20-25-27(21-11-8-9-12-21)30-18-10-13-24(30)26(34-7-2)19-31(25,30)35-28(32)22-14-16-23(17-15-22)29(3,4)5/h11,14-17,19,24H,6-10,12-13,18,20H2,1-5H3/t24-,30-,31-/m1/s1. The molecule has 0 heterocycles. The highest BCUT2D eigenvalue weighted by Gasteiger charge is 2.75. The number of hydrogen-bond acceptors (Lipinski definition) is 4. The van der Waals surface area contributed by atoms with Crippen LogP contribution in [0.1, 0.15) is 89.1 Å². The fourth-order valence-electron chi connectivity index (χ4n) is 7.06. The largest absolute Gasteiger partial charge is 0.498 e. The molecule has 1 spiro atoms. The van der Waals surface area contributed by atoms with Crippen LogP contribution in [0, 0.1) is 11.3 Å². The maximum atomic E-state index is 13.7. The number of ether oxygens (including phenoxy) is 3. The van der Waals surface area contributed by atoms with Crippen LogP contribution in [0.3, 0.4) is 0 Å². The van der Waals surface area contributed by atoms with Crippen molar-refractivity contribution >= 4 is 5.97 Å². The van der Waals surface area contributed by atoms with Crippen LogP contribution in [-0.2, 0) is 19.6 Å². The van der Waals surface area contributed by atoms with Crippen molar-refractivity contribution in [2.45, 2.75) is 84.2 Å². The molecule has 1 aromatic rings. The van der Waals surface area contributed by atoms with Gasteiger partial charge in [0.15, 0.2) is 5.60 Å². The molecule has 1 saturated carbocycles. The maximum Gasteiger partial charge on any atom is 0.339 e. The van der Waals surface area contributed by atoms with Crippen molar-refractivity contribution in [3.63, 3.8) is 0 Å². The zero-order valence-corrected chi connectivity index (χ0v) is 22.0. The van der Waals surface area contributed by atoms with Crippen molar-refractivity contribution in [1.82, 2.24) is 0 Å². The minimum absolute atomic E-state index is 0.0358. The van der Waals surface area contributed by atoms with Crippen LogP contribution in [0.5, 0.6) is 0 Å². The van der Waals surface area contributed by atoms with Crippen LogP contribution >= 0.6 is 0 Å². The number of carbonyl (C=O) groups is 1. The zero-order chi connectivity index (χ0) is 24.8. The quantitative estimate of drug-likeness (QED) is 0.377. The highest BCUT2D eigenvalue weighted by Crippen LogP contribution is 2.74. The van der Waals surface area contributed by atoms with Crippen LogP contribution in [0.25, 0.3) is 0 Å². The van der Waals surface area contributed by atoms with E-state index >= 15 is 0 Å². The van der Waals surface area contributed by atoms with Gasteiger partial charge in [0, 0.05) is 24.2 Å². The summed E-state index contributed by atoms with van der Waals surface area (Å²) < 4.78 is 18.8. The number of carbonyl (C=O) groups excluding carboxylic acids is 1. The fourth-order valence-corrected chi connectivity index (χ4v) is 7.06. The minimum Gasteiger partial charge on any atom is -0.498 e.